The molecule has 268 valence electrons. The van der Waals surface area contributed by atoms with Crippen LogP contribution >= 0.6 is 0 Å². The van der Waals surface area contributed by atoms with E-state index in [9.17, 15) is 14.7 Å². The van der Waals surface area contributed by atoms with E-state index in [2.05, 4.69) is 114 Å². The first-order chi connectivity index (χ1) is 24.1. The number of carbonyl (C=O) groups is 2. The number of nitrogens with one attached hydrogen (secondary N) is 1. The highest BCUT2D eigenvalue weighted by Gasteiger charge is 2.70. The van der Waals surface area contributed by atoms with Gasteiger partial charge in [0.05, 0.1) is 6.10 Å². The van der Waals surface area contributed by atoms with E-state index < -0.39 is 5.41 Å². The van der Waals surface area contributed by atoms with E-state index in [1.54, 1.807) is 0 Å². The minimum absolute atomic E-state index is 0.0304. The van der Waals surface area contributed by atoms with Gasteiger partial charge < -0.3 is 10.4 Å². The Morgan fingerprint density at radius 2 is 1.45 bits per heavy atom. The first kappa shape index (κ1) is 33.6. The molecule has 4 fully saturated rings. The first-order valence-electron chi connectivity index (χ1n) is 19.9. The van der Waals surface area contributed by atoms with Gasteiger partial charge in [-0.15, -0.1) is 0 Å². The summed E-state index contributed by atoms with van der Waals surface area (Å²) < 4.78 is 0. The van der Waals surface area contributed by atoms with Crippen LogP contribution in [0.15, 0.2) is 66.2 Å². The van der Waals surface area contributed by atoms with E-state index in [4.69, 9.17) is 0 Å². The fourth-order valence-electron chi connectivity index (χ4n) is 13.7. The van der Waals surface area contributed by atoms with Gasteiger partial charge in [0.1, 0.15) is 0 Å². The van der Waals surface area contributed by atoms with Crippen molar-refractivity contribution >= 4 is 44.0 Å². The number of fused-ring (bicyclic) bond motifs is 7. The van der Waals surface area contributed by atoms with E-state index in [0.717, 1.165) is 63.4 Å². The molecule has 0 saturated heterocycles. The molecule has 0 radical (unpaired) electrons. The summed E-state index contributed by atoms with van der Waals surface area (Å²) in [6, 6.07) is 19.8. The number of hydrogen-bond acceptors (Lipinski definition) is 3. The molecule has 4 aromatic carbocycles. The lowest BCUT2D eigenvalue weighted by molar-refractivity contribution is -0.202. The van der Waals surface area contributed by atoms with Crippen molar-refractivity contribution in [3.63, 3.8) is 0 Å². The van der Waals surface area contributed by atoms with Crippen LogP contribution < -0.4 is 5.32 Å². The molecule has 0 bridgehead atoms. The monoisotopic (exact) mass is 683 g/mol. The maximum absolute atomic E-state index is 14.7. The fourth-order valence-corrected chi connectivity index (χ4v) is 13.7. The summed E-state index contributed by atoms with van der Waals surface area (Å²) in [6.45, 7) is 17.0. The van der Waals surface area contributed by atoms with Crippen LogP contribution in [-0.4, -0.2) is 22.9 Å². The summed E-state index contributed by atoms with van der Waals surface area (Å²) in [5, 5.41) is 22.1. The summed E-state index contributed by atoms with van der Waals surface area (Å²) >= 11 is 0. The van der Waals surface area contributed by atoms with Gasteiger partial charge >= 0.3 is 0 Å². The molecule has 4 heteroatoms. The normalized spacial score (nSPS) is 40.3. The van der Waals surface area contributed by atoms with Gasteiger partial charge in [-0.25, -0.2) is 0 Å². The van der Waals surface area contributed by atoms with E-state index in [0.29, 0.717) is 18.2 Å². The highest BCUT2D eigenvalue weighted by atomic mass is 16.3. The zero-order valence-electron chi connectivity index (χ0n) is 31.9. The highest BCUT2D eigenvalue weighted by molar-refractivity contribution is 6.23. The smallest absolute Gasteiger partial charge is 0.226 e. The highest BCUT2D eigenvalue weighted by Crippen LogP contribution is 2.75. The number of allylic oxidation sites excluding steroid dienone is 2. The van der Waals surface area contributed by atoms with Gasteiger partial charge in [0.2, 0.25) is 5.91 Å². The Labute approximate surface area is 304 Å². The Bertz CT molecular complexity index is 2130. The van der Waals surface area contributed by atoms with E-state index in [1.807, 2.05) is 0 Å². The van der Waals surface area contributed by atoms with Gasteiger partial charge in [-0.3, -0.25) is 9.59 Å². The van der Waals surface area contributed by atoms with Gasteiger partial charge in [-0.1, -0.05) is 109 Å². The lowest BCUT2D eigenvalue weighted by Crippen LogP contribution is -2.66. The van der Waals surface area contributed by atoms with Crippen LogP contribution in [-0.2, 0) is 16.1 Å². The second-order valence-corrected chi connectivity index (χ2v) is 19.9. The predicted octanol–water partition coefficient (Wildman–Crippen LogP) is 10.5. The van der Waals surface area contributed by atoms with Gasteiger partial charge in [-0.05, 0) is 141 Å². The molecule has 51 heavy (non-hydrogen) atoms. The number of carbonyl (C=O) groups excluding carboxylic acids is 2. The van der Waals surface area contributed by atoms with Crippen LogP contribution in [0.3, 0.4) is 0 Å². The number of rotatable bonds is 3. The number of aliphatic hydroxyl groups excluding tert-OH is 1. The summed E-state index contributed by atoms with van der Waals surface area (Å²) in [5.41, 5.74) is 1.57. The lowest BCUT2D eigenvalue weighted by atomic mass is 9.33. The molecule has 9 atom stereocenters. The number of ketones is 1. The minimum atomic E-state index is -0.499. The van der Waals surface area contributed by atoms with Crippen molar-refractivity contribution in [3.8, 4) is 0 Å². The van der Waals surface area contributed by atoms with Crippen LogP contribution in [0, 0.1) is 50.2 Å². The third-order valence-corrected chi connectivity index (χ3v) is 17.2. The lowest BCUT2D eigenvalue weighted by Gasteiger charge is -2.70. The van der Waals surface area contributed by atoms with Crippen molar-refractivity contribution in [1.82, 2.24) is 5.32 Å². The Morgan fingerprint density at radius 1 is 0.784 bits per heavy atom. The average Bonchev–Trinajstić information content (AvgIpc) is 3.10. The largest absolute Gasteiger partial charge is 0.393 e. The van der Waals surface area contributed by atoms with Gasteiger partial charge in [-0.2, -0.15) is 0 Å². The molecule has 2 N–H and O–H groups in total. The molecule has 5 aliphatic rings. The maximum atomic E-state index is 14.7. The van der Waals surface area contributed by atoms with Crippen LogP contribution in [0.2, 0.25) is 0 Å². The van der Waals surface area contributed by atoms with E-state index in [1.165, 1.54) is 37.9 Å². The molecule has 4 aromatic rings. The molecular weight excluding hydrogens is 627 g/mol. The number of benzene rings is 4. The van der Waals surface area contributed by atoms with E-state index in [-0.39, 0.29) is 50.9 Å². The van der Waals surface area contributed by atoms with Crippen molar-refractivity contribution in [3.05, 3.63) is 71.8 Å². The fraction of sp³-hybridized carbons (Fsp3) is 0.574. The van der Waals surface area contributed by atoms with Gasteiger partial charge in [0, 0.05) is 17.9 Å². The number of hydrogen-bond donors (Lipinski definition) is 2. The summed E-state index contributed by atoms with van der Waals surface area (Å²) in [7, 11) is 0. The molecule has 4 saturated carbocycles. The topological polar surface area (TPSA) is 66.4 Å². The average molecular weight is 684 g/mol. The molecule has 0 aromatic heterocycles. The van der Waals surface area contributed by atoms with Crippen LogP contribution in [0.1, 0.15) is 112 Å². The Kier molecular flexibility index (Phi) is 7.03. The second-order valence-electron chi connectivity index (χ2n) is 19.9. The van der Waals surface area contributed by atoms with Crippen molar-refractivity contribution in [1.29, 1.82) is 0 Å². The quantitative estimate of drug-likeness (QED) is 0.211. The Balaban J connectivity index is 1.02. The molecule has 0 spiro atoms. The maximum Gasteiger partial charge on any atom is 0.226 e. The van der Waals surface area contributed by atoms with Crippen molar-refractivity contribution in [2.24, 2.45) is 50.2 Å². The Hall–Kier alpha value is -3.24. The predicted molar refractivity (Wildman–Crippen MR) is 207 cm³/mol. The van der Waals surface area contributed by atoms with Gasteiger partial charge in [0.15, 0.2) is 5.78 Å². The third kappa shape index (κ3) is 4.35. The van der Waals surface area contributed by atoms with Crippen LogP contribution in [0.5, 0.6) is 0 Å². The van der Waals surface area contributed by atoms with Crippen molar-refractivity contribution in [2.45, 2.75) is 119 Å². The minimum Gasteiger partial charge on any atom is -0.393 e. The SMILES string of the molecule is CC1(C)[C@@H](O)CC[C@]2(C)[C@H]3C(=O)C=C4[C@@H]5C[C@@](C)(C(=O)NCc6ccc7ccc8cccc9ccc6c7c89)CC[C@]5(C)CC[C@@]4(C)[C@]3(C)CC[C@@H]12. The standard InChI is InChI=1S/C47H57NO3/c1-42(2)36-17-20-47(7)40(45(36,5)19-18-37(42)50)35(49)25-33-34-26-44(4,22-21-43(34,3)23-24-46(33,47)6)41(51)48-27-31-14-13-30-12-11-28-9-8-10-29-15-16-32(31)39(30)38(28)29/h8-16,25,34,36-37,40,50H,17-24,26-27H2,1-7H3,(H,48,51)/t34-,36-,37-,40+,43+,44-,45-,46+,47+/m0/s1. The van der Waals surface area contributed by atoms with Gasteiger partial charge in [0.25, 0.3) is 0 Å². The van der Waals surface area contributed by atoms with Crippen LogP contribution in [0.25, 0.3) is 32.3 Å². The summed E-state index contributed by atoms with van der Waals surface area (Å²) in [5.74, 6) is 0.979. The molecule has 1 amide bonds. The summed E-state index contributed by atoms with van der Waals surface area (Å²) in [6.07, 6.45) is 10.5. The van der Waals surface area contributed by atoms with Crippen LogP contribution in [0.4, 0.5) is 0 Å². The Morgan fingerprint density at radius 3 is 2.20 bits per heavy atom. The summed E-state index contributed by atoms with van der Waals surface area (Å²) in [4.78, 5) is 29.1. The molecule has 0 aliphatic heterocycles. The first-order valence-corrected chi connectivity index (χ1v) is 19.9. The molecule has 5 aliphatic carbocycles. The van der Waals surface area contributed by atoms with Crippen molar-refractivity contribution in [2.75, 3.05) is 0 Å². The zero-order valence-corrected chi connectivity index (χ0v) is 31.9. The molecule has 9 rings (SSSR count). The zero-order chi connectivity index (χ0) is 35.9. The molecular formula is C47H57NO3. The van der Waals surface area contributed by atoms with Crippen molar-refractivity contribution < 1.29 is 14.7 Å². The second kappa shape index (κ2) is 10.7. The molecule has 0 unspecified atom stereocenters. The molecule has 0 heterocycles. The third-order valence-electron chi connectivity index (χ3n) is 17.2. The number of amides is 1. The number of aliphatic hydroxyl groups is 1. The molecule has 4 nitrogen and oxygen atoms in total. The van der Waals surface area contributed by atoms with E-state index >= 15 is 0 Å².